The van der Waals surface area contributed by atoms with Crippen molar-refractivity contribution in [1.82, 2.24) is 4.98 Å². The number of esters is 1. The molecule has 1 unspecified atom stereocenters. The van der Waals surface area contributed by atoms with Crippen molar-refractivity contribution < 1.29 is 27.8 Å². The number of alkyl halides is 2. The van der Waals surface area contributed by atoms with Gasteiger partial charge >= 0.3 is 12.6 Å². The molecule has 4 rings (SSSR count). The zero-order chi connectivity index (χ0) is 25.1. The predicted molar refractivity (Wildman–Crippen MR) is 131 cm³/mol. The summed E-state index contributed by atoms with van der Waals surface area (Å²) >= 11 is 14.0. The standard InChI is InChI=1S/C25H23Cl2F2NO4S/c1-13-7-23(35-14(13)2)24(31)33-21(9-17-18(26)10-30-11-19(17)27)16-5-6-20(34-25(28)29)22(8-16)32-12-15-3-4-15/h5-8,10-11,15,21,25H,3-4,9,12H2,1-2H3. The molecule has 0 aliphatic heterocycles. The quantitative estimate of drug-likeness (QED) is 0.247. The number of carbonyl (C=O) groups excluding carboxylic acids is 1. The molecule has 0 amide bonds. The number of hydrogen-bond acceptors (Lipinski definition) is 6. The fraction of sp³-hybridized carbons (Fsp3) is 0.360. The van der Waals surface area contributed by atoms with Gasteiger partial charge in [0.05, 0.1) is 16.7 Å². The Kier molecular flexibility index (Phi) is 8.14. The molecular formula is C25H23Cl2F2NO4S. The van der Waals surface area contributed by atoms with Crippen LogP contribution in [0.15, 0.2) is 36.7 Å². The van der Waals surface area contributed by atoms with E-state index in [2.05, 4.69) is 9.72 Å². The molecule has 1 aliphatic rings. The van der Waals surface area contributed by atoms with Gasteiger partial charge in [0.15, 0.2) is 11.5 Å². The predicted octanol–water partition coefficient (Wildman–Crippen LogP) is 7.60. The summed E-state index contributed by atoms with van der Waals surface area (Å²) in [4.78, 5) is 18.5. The van der Waals surface area contributed by atoms with Gasteiger partial charge in [-0.1, -0.05) is 29.3 Å². The molecular weight excluding hydrogens is 519 g/mol. The van der Waals surface area contributed by atoms with Gasteiger partial charge < -0.3 is 14.2 Å². The van der Waals surface area contributed by atoms with Crippen LogP contribution in [-0.2, 0) is 11.2 Å². The van der Waals surface area contributed by atoms with Gasteiger partial charge in [0.25, 0.3) is 0 Å². The number of thiophene rings is 1. The minimum Gasteiger partial charge on any atom is -0.489 e. The SMILES string of the molecule is Cc1cc(C(=O)OC(Cc2c(Cl)cncc2Cl)c2ccc(OC(F)F)c(OCC3CC3)c2)sc1C. The second-order valence-electron chi connectivity index (χ2n) is 8.37. The number of hydrogen-bond donors (Lipinski definition) is 0. The van der Waals surface area contributed by atoms with Crippen LogP contribution in [0.4, 0.5) is 8.78 Å². The normalized spacial score (nSPS) is 14.1. The average Bonchev–Trinajstić information content (AvgIpc) is 3.57. The van der Waals surface area contributed by atoms with E-state index in [9.17, 15) is 13.6 Å². The molecule has 0 radical (unpaired) electrons. The van der Waals surface area contributed by atoms with Crippen molar-refractivity contribution in [3.05, 3.63) is 73.1 Å². The number of nitrogens with zero attached hydrogens (tertiary/aromatic N) is 1. The maximum absolute atomic E-state index is 13.0. The molecule has 0 N–H and O–H groups in total. The average molecular weight is 542 g/mol. The number of aryl methyl sites for hydroxylation is 2. The number of pyridine rings is 1. The highest BCUT2D eigenvalue weighted by Gasteiger charge is 2.26. The summed E-state index contributed by atoms with van der Waals surface area (Å²) < 4.78 is 42.3. The lowest BCUT2D eigenvalue weighted by molar-refractivity contribution is -0.0515. The number of benzene rings is 1. The van der Waals surface area contributed by atoms with Crippen LogP contribution in [0.25, 0.3) is 0 Å². The van der Waals surface area contributed by atoms with E-state index in [0.717, 1.165) is 23.3 Å². The molecule has 1 aromatic carbocycles. The number of rotatable bonds is 10. The summed E-state index contributed by atoms with van der Waals surface area (Å²) in [6.45, 7) is 1.23. The molecule has 10 heteroatoms. The van der Waals surface area contributed by atoms with E-state index in [1.165, 1.54) is 29.8 Å². The maximum atomic E-state index is 13.0. The summed E-state index contributed by atoms with van der Waals surface area (Å²) in [5, 5.41) is 0.647. The molecule has 2 aromatic heterocycles. The van der Waals surface area contributed by atoms with Crippen molar-refractivity contribution in [1.29, 1.82) is 0 Å². The third kappa shape index (κ3) is 6.63. The van der Waals surface area contributed by atoms with Crippen molar-refractivity contribution in [2.75, 3.05) is 6.61 Å². The second kappa shape index (κ2) is 11.1. The second-order valence-corrected chi connectivity index (χ2v) is 10.4. The van der Waals surface area contributed by atoms with Crippen molar-refractivity contribution in [2.24, 2.45) is 5.92 Å². The highest BCUT2D eigenvalue weighted by atomic mass is 35.5. The van der Waals surface area contributed by atoms with Crippen LogP contribution in [0.3, 0.4) is 0 Å². The van der Waals surface area contributed by atoms with Gasteiger partial charge in [0, 0.05) is 23.7 Å². The van der Waals surface area contributed by atoms with Crippen LogP contribution in [0.1, 0.15) is 50.2 Å². The lowest BCUT2D eigenvalue weighted by atomic mass is 10.0. The molecule has 0 bridgehead atoms. The number of aromatic nitrogens is 1. The van der Waals surface area contributed by atoms with Crippen LogP contribution in [-0.4, -0.2) is 24.2 Å². The first kappa shape index (κ1) is 25.7. The van der Waals surface area contributed by atoms with Crippen molar-refractivity contribution in [2.45, 2.75) is 45.8 Å². The van der Waals surface area contributed by atoms with Gasteiger partial charge in [-0.25, -0.2) is 4.79 Å². The Hall–Kier alpha value is -2.42. The summed E-state index contributed by atoms with van der Waals surface area (Å²) in [5.41, 5.74) is 2.07. The molecule has 0 spiro atoms. The van der Waals surface area contributed by atoms with E-state index in [-0.39, 0.29) is 17.9 Å². The first-order valence-corrected chi connectivity index (χ1v) is 12.6. The van der Waals surface area contributed by atoms with E-state index in [1.54, 1.807) is 18.2 Å². The minimum absolute atomic E-state index is 0.0843. The van der Waals surface area contributed by atoms with Crippen molar-refractivity contribution in [3.63, 3.8) is 0 Å². The Morgan fingerprint density at radius 2 is 1.86 bits per heavy atom. The Morgan fingerprint density at radius 1 is 1.14 bits per heavy atom. The van der Waals surface area contributed by atoms with Crippen LogP contribution in [0, 0.1) is 19.8 Å². The van der Waals surface area contributed by atoms with E-state index in [4.69, 9.17) is 32.7 Å². The molecule has 35 heavy (non-hydrogen) atoms. The van der Waals surface area contributed by atoms with Gasteiger partial charge in [-0.15, -0.1) is 11.3 Å². The Balaban J connectivity index is 1.68. The summed E-state index contributed by atoms with van der Waals surface area (Å²) in [6, 6.07) is 6.29. The highest BCUT2D eigenvalue weighted by Crippen LogP contribution is 2.38. The zero-order valence-corrected chi connectivity index (χ0v) is 21.4. The number of carbonyl (C=O) groups is 1. The van der Waals surface area contributed by atoms with E-state index in [0.29, 0.717) is 38.6 Å². The smallest absolute Gasteiger partial charge is 0.387 e. The molecule has 1 aliphatic carbocycles. The minimum atomic E-state index is -3.00. The fourth-order valence-corrected chi connectivity index (χ4v) is 4.87. The monoisotopic (exact) mass is 541 g/mol. The lowest BCUT2D eigenvalue weighted by Crippen LogP contribution is -2.15. The van der Waals surface area contributed by atoms with Gasteiger partial charge in [0.2, 0.25) is 0 Å². The van der Waals surface area contributed by atoms with E-state index < -0.39 is 18.7 Å². The first-order valence-electron chi connectivity index (χ1n) is 11.0. The molecule has 1 saturated carbocycles. The third-order valence-electron chi connectivity index (χ3n) is 5.69. The fourth-order valence-electron chi connectivity index (χ4n) is 3.43. The molecule has 186 valence electrons. The first-order chi connectivity index (χ1) is 16.7. The molecule has 1 fully saturated rings. The third-order valence-corrected chi connectivity index (χ3v) is 7.47. The summed E-state index contributed by atoms with van der Waals surface area (Å²) in [5.74, 6) is -0.0401. The largest absolute Gasteiger partial charge is 0.489 e. The Morgan fingerprint density at radius 3 is 2.46 bits per heavy atom. The van der Waals surface area contributed by atoms with E-state index >= 15 is 0 Å². The molecule has 5 nitrogen and oxygen atoms in total. The molecule has 1 atom stereocenters. The van der Waals surface area contributed by atoms with E-state index in [1.807, 2.05) is 13.8 Å². The Bertz CT molecular complexity index is 1180. The van der Waals surface area contributed by atoms with Crippen LogP contribution >= 0.6 is 34.5 Å². The van der Waals surface area contributed by atoms with Crippen molar-refractivity contribution in [3.8, 4) is 11.5 Å². The summed E-state index contributed by atoms with van der Waals surface area (Å²) in [6.07, 6.45) is 4.29. The molecule has 3 aromatic rings. The number of ether oxygens (including phenoxy) is 3. The summed E-state index contributed by atoms with van der Waals surface area (Å²) in [7, 11) is 0. The van der Waals surface area contributed by atoms with Gasteiger partial charge in [-0.05, 0) is 67.5 Å². The lowest BCUT2D eigenvalue weighted by Gasteiger charge is -2.21. The molecule has 0 saturated heterocycles. The zero-order valence-electron chi connectivity index (χ0n) is 19.0. The van der Waals surface area contributed by atoms with Gasteiger partial charge in [-0.3, -0.25) is 4.98 Å². The van der Waals surface area contributed by atoms with Crippen LogP contribution < -0.4 is 9.47 Å². The number of halogens is 4. The Labute approximate surface area is 215 Å². The maximum Gasteiger partial charge on any atom is 0.387 e. The topological polar surface area (TPSA) is 57.7 Å². The van der Waals surface area contributed by atoms with Crippen LogP contribution in [0.5, 0.6) is 11.5 Å². The van der Waals surface area contributed by atoms with Gasteiger partial charge in [0.1, 0.15) is 11.0 Å². The van der Waals surface area contributed by atoms with Crippen molar-refractivity contribution >= 4 is 40.5 Å². The highest BCUT2D eigenvalue weighted by molar-refractivity contribution is 7.14. The van der Waals surface area contributed by atoms with Crippen LogP contribution in [0.2, 0.25) is 10.0 Å². The van der Waals surface area contributed by atoms with Gasteiger partial charge in [-0.2, -0.15) is 8.78 Å². The molecule has 2 heterocycles.